The second kappa shape index (κ2) is 9.65. The van der Waals surface area contributed by atoms with E-state index in [1.54, 1.807) is 6.92 Å². The van der Waals surface area contributed by atoms with Crippen molar-refractivity contribution in [2.45, 2.75) is 13.5 Å². The molecule has 26 heavy (non-hydrogen) atoms. The van der Waals surface area contributed by atoms with Crippen molar-refractivity contribution in [2.75, 3.05) is 13.7 Å². The third-order valence-electron chi connectivity index (χ3n) is 3.31. The summed E-state index contributed by atoms with van der Waals surface area (Å²) in [6.45, 7) is 1.67. The minimum absolute atomic E-state index is 0.0856. The van der Waals surface area contributed by atoms with E-state index in [2.05, 4.69) is 31.4 Å². The molecule has 0 atom stereocenters. The van der Waals surface area contributed by atoms with Gasteiger partial charge in [0.15, 0.2) is 6.61 Å². The van der Waals surface area contributed by atoms with Crippen LogP contribution in [0.25, 0.3) is 0 Å². The zero-order valence-corrected chi connectivity index (χ0v) is 15.9. The van der Waals surface area contributed by atoms with Crippen LogP contribution in [0, 0.1) is 18.3 Å². The molecule has 0 aliphatic rings. The molecule has 1 heterocycles. The summed E-state index contributed by atoms with van der Waals surface area (Å²) in [4.78, 5) is 16.1. The molecule has 8 heteroatoms. The number of rotatable bonds is 7. The van der Waals surface area contributed by atoms with Crippen LogP contribution >= 0.6 is 15.9 Å². The van der Waals surface area contributed by atoms with E-state index in [1.165, 1.54) is 13.3 Å². The van der Waals surface area contributed by atoms with Crippen molar-refractivity contribution in [3.8, 4) is 11.9 Å². The molecule has 0 fully saturated rings. The molecule has 134 valence electrons. The fraction of sp³-hybridized carbons (Fsp3) is 0.222. The van der Waals surface area contributed by atoms with Gasteiger partial charge in [0.05, 0.1) is 18.5 Å². The van der Waals surface area contributed by atoms with Gasteiger partial charge in [0, 0.05) is 17.1 Å². The SMILES string of the molecule is COCc1c(Br)c(C)nc(OCC(=O)N/N=C/c2ccccc2)c1C#N. The highest BCUT2D eigenvalue weighted by atomic mass is 79.9. The van der Waals surface area contributed by atoms with Crippen molar-refractivity contribution in [3.63, 3.8) is 0 Å². The van der Waals surface area contributed by atoms with Crippen molar-refractivity contribution < 1.29 is 14.3 Å². The van der Waals surface area contributed by atoms with Crippen LogP contribution in [0.5, 0.6) is 5.88 Å². The van der Waals surface area contributed by atoms with Crippen molar-refractivity contribution >= 4 is 28.1 Å². The van der Waals surface area contributed by atoms with E-state index < -0.39 is 5.91 Å². The first kappa shape index (κ1) is 19.6. The molecule has 0 spiro atoms. The Bertz CT molecular complexity index is 848. The molecule has 7 nitrogen and oxygen atoms in total. The first-order valence-corrected chi connectivity index (χ1v) is 8.43. The minimum atomic E-state index is -0.461. The summed E-state index contributed by atoms with van der Waals surface area (Å²) in [5.41, 5.74) is 4.71. The van der Waals surface area contributed by atoms with Crippen molar-refractivity contribution in [3.05, 3.63) is 57.2 Å². The average Bonchev–Trinajstić information content (AvgIpc) is 2.65. The summed E-state index contributed by atoms with van der Waals surface area (Å²) in [6.07, 6.45) is 1.53. The highest BCUT2D eigenvalue weighted by Gasteiger charge is 2.18. The molecule has 0 bridgehead atoms. The number of benzene rings is 1. The third-order valence-corrected chi connectivity index (χ3v) is 4.36. The molecule has 0 unspecified atom stereocenters. The van der Waals surface area contributed by atoms with E-state index in [1.807, 2.05) is 36.4 Å². The highest BCUT2D eigenvalue weighted by Crippen LogP contribution is 2.29. The molecular weight excluding hydrogens is 400 g/mol. The number of halogens is 1. The van der Waals surface area contributed by atoms with Gasteiger partial charge in [-0.1, -0.05) is 30.3 Å². The number of nitrogens with one attached hydrogen (secondary N) is 1. The number of methoxy groups -OCH3 is 1. The van der Waals surface area contributed by atoms with Gasteiger partial charge < -0.3 is 9.47 Å². The maximum absolute atomic E-state index is 11.9. The number of hydrogen-bond donors (Lipinski definition) is 1. The van der Waals surface area contributed by atoms with Gasteiger partial charge in [-0.05, 0) is 28.4 Å². The molecule has 0 radical (unpaired) electrons. The zero-order valence-electron chi connectivity index (χ0n) is 14.3. The monoisotopic (exact) mass is 416 g/mol. The van der Waals surface area contributed by atoms with Gasteiger partial charge in [0.2, 0.25) is 5.88 Å². The largest absolute Gasteiger partial charge is 0.467 e. The first-order valence-electron chi connectivity index (χ1n) is 7.64. The third kappa shape index (κ3) is 5.12. The summed E-state index contributed by atoms with van der Waals surface area (Å²) >= 11 is 3.40. The normalized spacial score (nSPS) is 10.5. The molecule has 1 aromatic heterocycles. The molecular formula is C18H17BrN4O3. The minimum Gasteiger partial charge on any atom is -0.467 e. The Morgan fingerprint density at radius 1 is 1.42 bits per heavy atom. The van der Waals surface area contributed by atoms with Crippen LogP contribution in [0.4, 0.5) is 0 Å². The number of hydrogen-bond acceptors (Lipinski definition) is 6. The summed E-state index contributed by atoms with van der Waals surface area (Å²) in [7, 11) is 1.53. The molecule has 0 saturated heterocycles. The fourth-order valence-electron chi connectivity index (χ4n) is 2.10. The Morgan fingerprint density at radius 2 is 2.15 bits per heavy atom. The van der Waals surface area contributed by atoms with Crippen molar-refractivity contribution in [2.24, 2.45) is 5.10 Å². The molecule has 2 rings (SSSR count). The average molecular weight is 417 g/mol. The smallest absolute Gasteiger partial charge is 0.278 e. The summed E-state index contributed by atoms with van der Waals surface area (Å²) in [5.74, 6) is -0.376. The van der Waals surface area contributed by atoms with Crippen LogP contribution in [0.2, 0.25) is 0 Å². The number of amides is 1. The Hall–Kier alpha value is -2.76. The van der Waals surface area contributed by atoms with Gasteiger partial charge in [-0.3, -0.25) is 4.79 Å². The Morgan fingerprint density at radius 3 is 2.81 bits per heavy atom. The lowest BCUT2D eigenvalue weighted by atomic mass is 10.1. The zero-order chi connectivity index (χ0) is 18.9. The first-order chi connectivity index (χ1) is 12.6. The molecule has 0 aliphatic heterocycles. The van der Waals surface area contributed by atoms with Gasteiger partial charge in [-0.25, -0.2) is 10.4 Å². The molecule has 0 aliphatic carbocycles. The maximum atomic E-state index is 11.9. The molecule has 0 saturated carbocycles. The van der Waals surface area contributed by atoms with Gasteiger partial charge in [-0.15, -0.1) is 0 Å². The predicted molar refractivity (Wildman–Crippen MR) is 99.8 cm³/mol. The number of aromatic nitrogens is 1. The van der Waals surface area contributed by atoms with Gasteiger partial charge in [0.1, 0.15) is 11.6 Å². The predicted octanol–water partition coefficient (Wildman–Crippen LogP) is 2.70. The Labute approximate surface area is 159 Å². The van der Waals surface area contributed by atoms with Gasteiger partial charge >= 0.3 is 0 Å². The Kier molecular flexibility index (Phi) is 7.26. The molecule has 1 N–H and O–H groups in total. The number of nitrogens with zero attached hydrogens (tertiary/aromatic N) is 3. The summed E-state index contributed by atoms with van der Waals surface area (Å²) in [6, 6.07) is 11.4. The van der Waals surface area contributed by atoms with Crippen LogP contribution in [-0.2, 0) is 16.1 Å². The second-order valence-electron chi connectivity index (χ2n) is 5.21. The molecule has 1 amide bonds. The topological polar surface area (TPSA) is 96.6 Å². The van der Waals surface area contributed by atoms with E-state index in [0.29, 0.717) is 15.7 Å². The van der Waals surface area contributed by atoms with Crippen molar-refractivity contribution in [1.82, 2.24) is 10.4 Å². The molecule has 2 aromatic rings. The number of carbonyl (C=O) groups is 1. The lowest BCUT2D eigenvalue weighted by Gasteiger charge is -2.13. The molecule has 1 aromatic carbocycles. The van der Waals surface area contributed by atoms with Crippen LogP contribution in [0.1, 0.15) is 22.4 Å². The fourth-order valence-corrected chi connectivity index (χ4v) is 2.50. The summed E-state index contributed by atoms with van der Waals surface area (Å²) in [5, 5.41) is 13.3. The highest BCUT2D eigenvalue weighted by molar-refractivity contribution is 9.10. The van der Waals surface area contributed by atoms with E-state index in [-0.39, 0.29) is 24.7 Å². The van der Waals surface area contributed by atoms with E-state index in [4.69, 9.17) is 9.47 Å². The standard InChI is InChI=1S/C18H17BrN4O3/c1-12-17(19)15(10-25-2)14(8-20)18(22-12)26-11-16(24)23-21-9-13-6-4-3-5-7-13/h3-7,9H,10-11H2,1-2H3,(H,23,24)/b21-9+. The lowest BCUT2D eigenvalue weighted by molar-refractivity contribution is -0.123. The van der Waals surface area contributed by atoms with E-state index >= 15 is 0 Å². The summed E-state index contributed by atoms with van der Waals surface area (Å²) < 4.78 is 11.2. The number of hydrazone groups is 1. The number of pyridine rings is 1. The quantitative estimate of drug-likeness (QED) is 0.552. The van der Waals surface area contributed by atoms with Gasteiger partial charge in [0.25, 0.3) is 5.91 Å². The second-order valence-corrected chi connectivity index (χ2v) is 6.00. The number of ether oxygens (including phenoxy) is 2. The van der Waals surface area contributed by atoms with Crippen LogP contribution in [-0.4, -0.2) is 30.8 Å². The number of aryl methyl sites for hydroxylation is 1. The van der Waals surface area contributed by atoms with Crippen LogP contribution < -0.4 is 10.2 Å². The van der Waals surface area contributed by atoms with E-state index in [9.17, 15) is 10.1 Å². The van der Waals surface area contributed by atoms with Gasteiger partial charge in [-0.2, -0.15) is 10.4 Å². The van der Waals surface area contributed by atoms with Crippen LogP contribution in [0.15, 0.2) is 39.9 Å². The Balaban J connectivity index is 2.03. The van der Waals surface area contributed by atoms with Crippen molar-refractivity contribution in [1.29, 1.82) is 5.26 Å². The number of nitriles is 1. The van der Waals surface area contributed by atoms with E-state index in [0.717, 1.165) is 5.56 Å². The maximum Gasteiger partial charge on any atom is 0.278 e. The van der Waals surface area contributed by atoms with Crippen LogP contribution in [0.3, 0.4) is 0 Å². The number of carbonyl (C=O) groups excluding carboxylic acids is 1. The lowest BCUT2D eigenvalue weighted by Crippen LogP contribution is -2.25.